The second kappa shape index (κ2) is 12.6. The SMILES string of the molecule is CN=C(NCCC(=O)N1CCN(c2ncccn2)CC1)N1CCC(C(=O)OC)CC1.I. The minimum absolute atomic E-state index is 0. The molecule has 1 aromatic heterocycles. The molecule has 0 aromatic carbocycles. The zero-order valence-electron chi connectivity index (χ0n) is 18.2. The van der Waals surface area contributed by atoms with Crippen molar-refractivity contribution in [3.05, 3.63) is 18.5 Å². The summed E-state index contributed by atoms with van der Waals surface area (Å²) >= 11 is 0. The molecule has 1 aromatic rings. The van der Waals surface area contributed by atoms with Crippen LogP contribution in [0.4, 0.5) is 5.95 Å². The van der Waals surface area contributed by atoms with Gasteiger partial charge in [-0.2, -0.15) is 0 Å². The number of aromatic nitrogens is 2. The number of rotatable bonds is 5. The average molecular weight is 545 g/mol. The maximum atomic E-state index is 12.6. The average Bonchev–Trinajstić information content (AvgIpc) is 2.82. The Morgan fingerprint density at radius 2 is 1.74 bits per heavy atom. The molecule has 31 heavy (non-hydrogen) atoms. The number of aliphatic imine (C=N–C) groups is 1. The van der Waals surface area contributed by atoms with Crippen molar-refractivity contribution in [1.29, 1.82) is 0 Å². The van der Waals surface area contributed by atoms with Gasteiger partial charge in [0.05, 0.1) is 13.0 Å². The topological polar surface area (TPSA) is 103 Å². The Labute approximate surface area is 200 Å². The van der Waals surface area contributed by atoms with Crippen molar-refractivity contribution in [3.63, 3.8) is 0 Å². The first kappa shape index (κ1) is 25.1. The first-order valence-electron chi connectivity index (χ1n) is 10.5. The summed E-state index contributed by atoms with van der Waals surface area (Å²) in [6.07, 6.45) is 5.38. The standard InChI is InChI=1S/C20H31N7O3.HI/c1-21-19(26-10-5-16(6-11-26)18(29)30-2)24-9-4-17(28)25-12-14-27(15-13-25)20-22-7-3-8-23-20;/h3,7-8,16H,4-6,9-15H2,1-2H3,(H,21,24);1H. The molecule has 2 aliphatic heterocycles. The van der Waals surface area contributed by atoms with Crippen LogP contribution >= 0.6 is 24.0 Å². The quantitative estimate of drug-likeness (QED) is 0.249. The van der Waals surface area contributed by atoms with E-state index in [4.69, 9.17) is 4.74 Å². The molecule has 1 N–H and O–H groups in total. The van der Waals surface area contributed by atoms with E-state index in [2.05, 4.69) is 30.1 Å². The van der Waals surface area contributed by atoms with Crippen molar-refractivity contribution in [2.24, 2.45) is 10.9 Å². The van der Waals surface area contributed by atoms with E-state index in [0.29, 0.717) is 32.0 Å². The van der Waals surface area contributed by atoms with Crippen molar-refractivity contribution in [2.45, 2.75) is 19.3 Å². The lowest BCUT2D eigenvalue weighted by Gasteiger charge is -2.35. The summed E-state index contributed by atoms with van der Waals surface area (Å²) in [5.74, 6) is 1.45. The van der Waals surface area contributed by atoms with Gasteiger partial charge >= 0.3 is 5.97 Å². The van der Waals surface area contributed by atoms with Crippen molar-refractivity contribution in [2.75, 3.05) is 64.9 Å². The van der Waals surface area contributed by atoms with Crippen molar-refractivity contribution < 1.29 is 14.3 Å². The number of nitrogens with one attached hydrogen (secondary N) is 1. The zero-order valence-corrected chi connectivity index (χ0v) is 20.5. The Hall–Kier alpha value is -2.18. The second-order valence-electron chi connectivity index (χ2n) is 7.43. The number of piperazine rings is 1. The molecule has 2 aliphatic rings. The summed E-state index contributed by atoms with van der Waals surface area (Å²) < 4.78 is 4.84. The van der Waals surface area contributed by atoms with Crippen LogP contribution in [0.25, 0.3) is 0 Å². The summed E-state index contributed by atoms with van der Waals surface area (Å²) in [5, 5.41) is 3.28. The van der Waals surface area contributed by atoms with Crippen LogP contribution in [0.1, 0.15) is 19.3 Å². The van der Waals surface area contributed by atoms with Gasteiger partial charge in [0.25, 0.3) is 0 Å². The van der Waals surface area contributed by atoms with Crippen LogP contribution in [0.15, 0.2) is 23.5 Å². The number of carbonyl (C=O) groups is 2. The van der Waals surface area contributed by atoms with Gasteiger partial charge in [-0.05, 0) is 18.9 Å². The lowest BCUT2D eigenvalue weighted by molar-refractivity contribution is -0.146. The minimum Gasteiger partial charge on any atom is -0.469 e. The van der Waals surface area contributed by atoms with Crippen LogP contribution < -0.4 is 10.2 Å². The van der Waals surface area contributed by atoms with Gasteiger partial charge in [-0.1, -0.05) is 0 Å². The van der Waals surface area contributed by atoms with E-state index < -0.39 is 0 Å². The number of anilines is 1. The molecule has 3 heterocycles. The highest BCUT2D eigenvalue weighted by Crippen LogP contribution is 2.18. The van der Waals surface area contributed by atoms with Crippen LogP contribution in [-0.2, 0) is 14.3 Å². The largest absolute Gasteiger partial charge is 0.469 e. The van der Waals surface area contributed by atoms with E-state index in [1.54, 1.807) is 25.5 Å². The molecule has 2 saturated heterocycles. The lowest BCUT2D eigenvalue weighted by Crippen LogP contribution is -2.50. The molecule has 1 amide bonds. The Morgan fingerprint density at radius 3 is 2.32 bits per heavy atom. The first-order chi connectivity index (χ1) is 14.6. The Balaban J connectivity index is 0.00000341. The second-order valence-corrected chi connectivity index (χ2v) is 7.43. The van der Waals surface area contributed by atoms with Crippen LogP contribution in [0.3, 0.4) is 0 Å². The van der Waals surface area contributed by atoms with Gasteiger partial charge in [0.15, 0.2) is 5.96 Å². The fraction of sp³-hybridized carbons (Fsp3) is 0.650. The highest BCUT2D eigenvalue weighted by atomic mass is 127. The number of halogens is 1. The first-order valence-corrected chi connectivity index (χ1v) is 10.5. The Bertz CT molecular complexity index is 734. The Kier molecular flexibility index (Phi) is 10.2. The van der Waals surface area contributed by atoms with E-state index in [0.717, 1.165) is 45.0 Å². The summed E-state index contributed by atoms with van der Waals surface area (Å²) in [4.78, 5) is 43.2. The number of esters is 1. The monoisotopic (exact) mass is 545 g/mol. The molecule has 2 fully saturated rings. The number of likely N-dealkylation sites (tertiary alicyclic amines) is 1. The molecule has 0 bridgehead atoms. The summed E-state index contributed by atoms with van der Waals surface area (Å²) in [7, 11) is 3.17. The molecule has 0 radical (unpaired) electrons. The summed E-state index contributed by atoms with van der Waals surface area (Å²) in [5.41, 5.74) is 0. The molecule has 11 heteroatoms. The predicted molar refractivity (Wildman–Crippen MR) is 129 cm³/mol. The molecular formula is C20H32IN7O3. The van der Waals surface area contributed by atoms with Gasteiger partial charge in [0, 0.05) is 71.7 Å². The van der Waals surface area contributed by atoms with E-state index in [1.165, 1.54) is 7.11 Å². The minimum atomic E-state index is -0.137. The number of nitrogens with zero attached hydrogens (tertiary/aromatic N) is 6. The van der Waals surface area contributed by atoms with E-state index in [-0.39, 0.29) is 41.8 Å². The zero-order chi connectivity index (χ0) is 21.3. The summed E-state index contributed by atoms with van der Waals surface area (Å²) in [6.45, 7) is 4.85. The fourth-order valence-corrected chi connectivity index (χ4v) is 3.88. The van der Waals surface area contributed by atoms with Gasteiger partial charge in [-0.25, -0.2) is 9.97 Å². The molecule has 10 nitrogen and oxygen atoms in total. The number of carbonyl (C=O) groups excluding carboxylic acids is 2. The van der Waals surface area contributed by atoms with E-state index in [1.807, 2.05) is 4.90 Å². The third-order valence-corrected chi connectivity index (χ3v) is 5.63. The maximum absolute atomic E-state index is 12.6. The smallest absolute Gasteiger partial charge is 0.308 e. The van der Waals surface area contributed by atoms with Crippen molar-refractivity contribution in [3.8, 4) is 0 Å². The molecule has 0 unspecified atom stereocenters. The maximum Gasteiger partial charge on any atom is 0.308 e. The van der Waals surface area contributed by atoms with Gasteiger partial charge in [0.2, 0.25) is 11.9 Å². The molecule has 0 atom stereocenters. The highest BCUT2D eigenvalue weighted by Gasteiger charge is 2.27. The highest BCUT2D eigenvalue weighted by molar-refractivity contribution is 14.0. The molecule has 0 saturated carbocycles. The number of guanidine groups is 1. The third-order valence-electron chi connectivity index (χ3n) is 5.63. The third kappa shape index (κ3) is 6.91. The molecular weight excluding hydrogens is 513 g/mol. The lowest BCUT2D eigenvalue weighted by atomic mass is 9.97. The predicted octanol–water partition coefficient (Wildman–Crippen LogP) is 0.594. The van der Waals surface area contributed by atoms with Gasteiger partial charge in [-0.3, -0.25) is 14.6 Å². The number of amides is 1. The number of hydrogen-bond donors (Lipinski definition) is 1. The van der Waals surface area contributed by atoms with Gasteiger partial charge in [0.1, 0.15) is 0 Å². The van der Waals surface area contributed by atoms with Crippen LogP contribution in [0, 0.1) is 5.92 Å². The van der Waals surface area contributed by atoms with E-state index >= 15 is 0 Å². The number of piperidine rings is 1. The normalized spacial score (nSPS) is 17.7. The molecule has 3 rings (SSSR count). The molecule has 0 aliphatic carbocycles. The van der Waals surface area contributed by atoms with Crippen LogP contribution in [0.5, 0.6) is 0 Å². The molecule has 0 spiro atoms. The number of methoxy groups -OCH3 is 1. The van der Waals surface area contributed by atoms with Crippen molar-refractivity contribution >= 4 is 47.8 Å². The van der Waals surface area contributed by atoms with Crippen molar-refractivity contribution in [1.82, 2.24) is 25.1 Å². The van der Waals surface area contributed by atoms with E-state index in [9.17, 15) is 9.59 Å². The fourth-order valence-electron chi connectivity index (χ4n) is 3.88. The Morgan fingerprint density at radius 1 is 1.10 bits per heavy atom. The van der Waals surface area contributed by atoms with Crippen LogP contribution in [0.2, 0.25) is 0 Å². The van der Waals surface area contributed by atoms with Gasteiger partial charge in [-0.15, -0.1) is 24.0 Å². The molecule has 172 valence electrons. The van der Waals surface area contributed by atoms with Crippen LogP contribution in [-0.4, -0.2) is 97.6 Å². The summed E-state index contributed by atoms with van der Waals surface area (Å²) in [6, 6.07) is 1.80. The number of hydrogen-bond acceptors (Lipinski definition) is 7. The van der Waals surface area contributed by atoms with Gasteiger partial charge < -0.3 is 24.8 Å². The number of ether oxygens (including phenoxy) is 1.